The van der Waals surface area contributed by atoms with Crippen LogP contribution in [0, 0.1) is 0 Å². The van der Waals surface area contributed by atoms with Gasteiger partial charge in [-0.25, -0.2) is 0 Å². The molecule has 1 saturated heterocycles. The van der Waals surface area contributed by atoms with E-state index in [1.54, 1.807) is 0 Å². The normalized spacial score (nSPS) is 16.0. The van der Waals surface area contributed by atoms with Crippen LogP contribution in [0.2, 0.25) is 0 Å². The lowest BCUT2D eigenvalue weighted by Gasteiger charge is -2.42. The molecule has 4 nitrogen and oxygen atoms in total. The van der Waals surface area contributed by atoms with Crippen molar-refractivity contribution in [3.63, 3.8) is 0 Å². The van der Waals surface area contributed by atoms with Crippen LogP contribution in [0.3, 0.4) is 0 Å². The number of nitrogens with zero attached hydrogens (tertiary/aromatic N) is 4. The van der Waals surface area contributed by atoms with Crippen molar-refractivity contribution in [1.82, 2.24) is 19.6 Å². The first-order valence-corrected chi connectivity index (χ1v) is 16.0. The minimum atomic E-state index is 1.16. The topological polar surface area (TPSA) is 13.0 Å². The van der Waals surface area contributed by atoms with Gasteiger partial charge in [0.1, 0.15) is 0 Å². The Morgan fingerprint density at radius 2 is 0.686 bits per heavy atom. The minimum absolute atomic E-state index is 1.16. The summed E-state index contributed by atoms with van der Waals surface area (Å²) < 4.78 is 0. The van der Waals surface area contributed by atoms with E-state index in [4.69, 9.17) is 0 Å². The summed E-state index contributed by atoms with van der Waals surface area (Å²) in [6, 6.07) is 0. The Hall–Kier alpha value is -0.160. The van der Waals surface area contributed by atoms with Crippen LogP contribution < -0.4 is 0 Å². The highest BCUT2D eigenvalue weighted by molar-refractivity contribution is 4.71. The summed E-state index contributed by atoms with van der Waals surface area (Å²) >= 11 is 0. The van der Waals surface area contributed by atoms with Crippen molar-refractivity contribution in [2.24, 2.45) is 0 Å². The lowest BCUT2D eigenvalue weighted by atomic mass is 10.1. The molecule has 210 valence electrons. The Labute approximate surface area is 222 Å². The van der Waals surface area contributed by atoms with Crippen LogP contribution in [-0.4, -0.2) is 79.9 Å². The summed E-state index contributed by atoms with van der Waals surface area (Å²) in [6.45, 7) is 13.1. The van der Waals surface area contributed by atoms with Crippen LogP contribution in [0.1, 0.15) is 142 Å². The maximum atomic E-state index is 2.72. The van der Waals surface area contributed by atoms with E-state index in [0.29, 0.717) is 0 Å². The third kappa shape index (κ3) is 20.6. The maximum Gasteiger partial charge on any atom is 0.0530 e. The zero-order valence-electron chi connectivity index (χ0n) is 24.9. The molecule has 0 atom stereocenters. The summed E-state index contributed by atoms with van der Waals surface area (Å²) in [6.07, 6.45) is 28.6. The Bertz CT molecular complexity index is 396. The molecule has 0 aromatic heterocycles. The second-order valence-electron chi connectivity index (χ2n) is 11.8. The molecule has 1 rings (SSSR count). The van der Waals surface area contributed by atoms with Crippen molar-refractivity contribution in [1.29, 1.82) is 0 Å². The van der Waals surface area contributed by atoms with Crippen LogP contribution >= 0.6 is 0 Å². The second kappa shape index (κ2) is 24.2. The van der Waals surface area contributed by atoms with E-state index >= 15 is 0 Å². The zero-order valence-corrected chi connectivity index (χ0v) is 24.9. The predicted octanol–water partition coefficient (Wildman–Crippen LogP) is 8.18. The molecule has 1 heterocycles. The van der Waals surface area contributed by atoms with Crippen LogP contribution in [-0.2, 0) is 0 Å². The van der Waals surface area contributed by atoms with E-state index in [0.717, 1.165) is 6.54 Å². The first-order valence-electron chi connectivity index (χ1n) is 16.0. The lowest BCUT2D eigenvalue weighted by Crippen LogP contribution is -2.56. The van der Waals surface area contributed by atoms with Gasteiger partial charge in [0.05, 0.1) is 20.0 Å². The van der Waals surface area contributed by atoms with Gasteiger partial charge in [-0.15, -0.1) is 0 Å². The van der Waals surface area contributed by atoms with Gasteiger partial charge in [-0.05, 0) is 26.9 Å². The van der Waals surface area contributed by atoms with Gasteiger partial charge in [0.25, 0.3) is 0 Å². The first-order chi connectivity index (χ1) is 17.2. The molecule has 0 amide bonds. The Kier molecular flexibility index (Phi) is 22.7. The highest BCUT2D eigenvalue weighted by Gasteiger charge is 2.22. The average Bonchev–Trinajstić information content (AvgIpc) is 2.85. The van der Waals surface area contributed by atoms with Gasteiger partial charge in [0, 0.05) is 26.2 Å². The fourth-order valence-corrected chi connectivity index (χ4v) is 5.39. The largest absolute Gasteiger partial charge is 0.308 e. The van der Waals surface area contributed by atoms with Gasteiger partial charge in [-0.1, -0.05) is 129 Å². The highest BCUT2D eigenvalue weighted by atomic mass is 15.5. The molecule has 0 aromatic rings. The van der Waals surface area contributed by atoms with Gasteiger partial charge in [0.15, 0.2) is 0 Å². The molecule has 0 aliphatic carbocycles. The van der Waals surface area contributed by atoms with Crippen LogP contribution in [0.25, 0.3) is 0 Å². The Morgan fingerprint density at radius 3 is 1.00 bits per heavy atom. The summed E-state index contributed by atoms with van der Waals surface area (Å²) in [5, 5.41) is 0. The standard InChI is InChI=1S/C31H66N4/c1-5-7-9-11-13-15-17-19-21-23-25-33-29-34(31-35(30-33)28-27-32(3)4)26-24-22-20-18-16-14-12-10-8-6-2/h5-31H2,1-4H3. The lowest BCUT2D eigenvalue weighted by molar-refractivity contribution is -0.0323. The quantitative estimate of drug-likeness (QED) is 0.119. The number of unbranched alkanes of at least 4 members (excludes halogenated alkanes) is 18. The first kappa shape index (κ1) is 32.9. The van der Waals surface area contributed by atoms with Crippen molar-refractivity contribution < 1.29 is 0 Å². The van der Waals surface area contributed by atoms with Crippen molar-refractivity contribution in [3.05, 3.63) is 0 Å². The molecule has 0 spiro atoms. The number of rotatable bonds is 25. The van der Waals surface area contributed by atoms with Gasteiger partial charge >= 0.3 is 0 Å². The molecule has 0 saturated carbocycles. The predicted molar refractivity (Wildman–Crippen MR) is 157 cm³/mol. The SMILES string of the molecule is CCCCCCCCCCCCN1CN(CCCCCCCCCCCC)CN(CCN(C)C)C1. The molecule has 1 fully saturated rings. The maximum absolute atomic E-state index is 2.72. The smallest absolute Gasteiger partial charge is 0.0530 e. The van der Waals surface area contributed by atoms with E-state index in [1.165, 1.54) is 168 Å². The summed E-state index contributed by atoms with van der Waals surface area (Å²) in [5.41, 5.74) is 0. The fraction of sp³-hybridized carbons (Fsp3) is 1.00. The summed E-state index contributed by atoms with van der Waals surface area (Å²) in [4.78, 5) is 10.4. The average molecular weight is 495 g/mol. The molecular weight excluding hydrogens is 428 g/mol. The molecule has 1 aliphatic rings. The van der Waals surface area contributed by atoms with Gasteiger partial charge in [-0.3, -0.25) is 14.7 Å². The highest BCUT2D eigenvalue weighted by Crippen LogP contribution is 2.15. The molecule has 0 aromatic carbocycles. The molecule has 0 radical (unpaired) electrons. The summed E-state index contributed by atoms with van der Waals surface area (Å²) in [5.74, 6) is 0. The zero-order chi connectivity index (χ0) is 25.4. The van der Waals surface area contributed by atoms with Crippen molar-refractivity contribution in [2.75, 3.05) is 60.3 Å². The van der Waals surface area contributed by atoms with Crippen LogP contribution in [0.4, 0.5) is 0 Å². The number of hydrogen-bond acceptors (Lipinski definition) is 4. The Balaban J connectivity index is 2.16. The number of hydrogen-bond donors (Lipinski definition) is 0. The molecular formula is C31H66N4. The van der Waals surface area contributed by atoms with Crippen molar-refractivity contribution in [2.45, 2.75) is 142 Å². The van der Waals surface area contributed by atoms with E-state index in [9.17, 15) is 0 Å². The molecule has 1 aliphatic heterocycles. The number of likely N-dealkylation sites (N-methyl/N-ethyl adjacent to an activating group) is 1. The molecule has 0 N–H and O–H groups in total. The molecule has 0 unspecified atom stereocenters. The third-order valence-electron chi connectivity index (χ3n) is 7.72. The van der Waals surface area contributed by atoms with E-state index < -0.39 is 0 Å². The molecule has 0 bridgehead atoms. The molecule has 35 heavy (non-hydrogen) atoms. The Morgan fingerprint density at radius 1 is 0.400 bits per heavy atom. The molecule has 4 heteroatoms. The van der Waals surface area contributed by atoms with Crippen molar-refractivity contribution >= 4 is 0 Å². The van der Waals surface area contributed by atoms with Gasteiger partial charge in [0.2, 0.25) is 0 Å². The van der Waals surface area contributed by atoms with E-state index in [-0.39, 0.29) is 0 Å². The fourth-order valence-electron chi connectivity index (χ4n) is 5.39. The summed E-state index contributed by atoms with van der Waals surface area (Å²) in [7, 11) is 4.40. The van der Waals surface area contributed by atoms with Crippen molar-refractivity contribution in [3.8, 4) is 0 Å². The van der Waals surface area contributed by atoms with Gasteiger partial charge in [-0.2, -0.15) is 0 Å². The second-order valence-corrected chi connectivity index (χ2v) is 11.8. The van der Waals surface area contributed by atoms with Crippen LogP contribution in [0.5, 0.6) is 0 Å². The third-order valence-corrected chi connectivity index (χ3v) is 7.72. The monoisotopic (exact) mass is 495 g/mol. The van der Waals surface area contributed by atoms with E-state index in [1.807, 2.05) is 0 Å². The minimum Gasteiger partial charge on any atom is -0.308 e. The van der Waals surface area contributed by atoms with E-state index in [2.05, 4.69) is 47.5 Å². The van der Waals surface area contributed by atoms with Crippen LogP contribution in [0.15, 0.2) is 0 Å². The van der Waals surface area contributed by atoms with Gasteiger partial charge < -0.3 is 4.90 Å².